The number of likely N-dealkylation sites (tertiary alicyclic amines) is 1. The molecule has 19 heavy (non-hydrogen) atoms. The van der Waals surface area contributed by atoms with Crippen molar-refractivity contribution in [2.45, 2.75) is 39.0 Å². The summed E-state index contributed by atoms with van der Waals surface area (Å²) in [6.45, 7) is 5.49. The van der Waals surface area contributed by atoms with Crippen LogP contribution in [0.25, 0.3) is 0 Å². The summed E-state index contributed by atoms with van der Waals surface area (Å²) in [5, 5.41) is 0. The number of hydrogen-bond acceptors (Lipinski definition) is 2. The molecule has 0 spiro atoms. The van der Waals surface area contributed by atoms with E-state index in [9.17, 15) is 9.59 Å². The predicted octanol–water partition coefficient (Wildman–Crippen LogP) is 2.54. The second kappa shape index (κ2) is 6.00. The van der Waals surface area contributed by atoms with Gasteiger partial charge in [0.05, 0.1) is 6.42 Å². The van der Waals surface area contributed by atoms with Crippen LogP contribution in [0.3, 0.4) is 0 Å². The number of amides is 1. The van der Waals surface area contributed by atoms with Gasteiger partial charge in [0.25, 0.3) is 0 Å². The molecule has 0 aromatic heterocycles. The Balaban J connectivity index is 1.93. The molecule has 0 unspecified atom stereocenters. The summed E-state index contributed by atoms with van der Waals surface area (Å²) in [6, 6.07) is 8.24. The quantitative estimate of drug-likeness (QED) is 0.836. The van der Waals surface area contributed by atoms with Gasteiger partial charge in [-0.2, -0.15) is 0 Å². The Labute approximate surface area is 114 Å². The van der Waals surface area contributed by atoms with Crippen molar-refractivity contribution in [2.24, 2.45) is 0 Å². The lowest BCUT2D eigenvalue weighted by molar-refractivity contribution is -0.133. The maximum absolute atomic E-state index is 12.1. The van der Waals surface area contributed by atoms with Gasteiger partial charge in [-0.1, -0.05) is 38.1 Å². The highest BCUT2D eigenvalue weighted by Crippen LogP contribution is 2.16. The fourth-order valence-electron chi connectivity index (χ4n) is 2.31. The van der Waals surface area contributed by atoms with E-state index in [1.165, 1.54) is 5.56 Å². The van der Waals surface area contributed by atoms with E-state index < -0.39 is 0 Å². The van der Waals surface area contributed by atoms with Crippen LogP contribution in [-0.2, 0) is 16.0 Å². The highest BCUT2D eigenvalue weighted by molar-refractivity contribution is 5.84. The first-order valence-corrected chi connectivity index (χ1v) is 6.94. The van der Waals surface area contributed by atoms with Gasteiger partial charge >= 0.3 is 0 Å². The minimum Gasteiger partial charge on any atom is -0.342 e. The summed E-state index contributed by atoms with van der Waals surface area (Å²) in [7, 11) is 0. The van der Waals surface area contributed by atoms with Crippen molar-refractivity contribution >= 4 is 11.7 Å². The normalized spacial score (nSPS) is 15.9. The lowest BCUT2D eigenvalue weighted by Gasteiger charge is -2.26. The van der Waals surface area contributed by atoms with Gasteiger partial charge in [0.1, 0.15) is 5.78 Å². The van der Waals surface area contributed by atoms with E-state index in [0.717, 1.165) is 5.56 Å². The summed E-state index contributed by atoms with van der Waals surface area (Å²) in [5.74, 6) is 0.910. The number of rotatable bonds is 3. The van der Waals surface area contributed by atoms with Gasteiger partial charge in [-0.15, -0.1) is 0 Å². The summed E-state index contributed by atoms with van der Waals surface area (Å²) in [6.07, 6.45) is 1.46. The maximum Gasteiger partial charge on any atom is 0.227 e. The molecule has 1 aromatic rings. The zero-order valence-corrected chi connectivity index (χ0v) is 11.7. The molecule has 1 heterocycles. The van der Waals surface area contributed by atoms with Gasteiger partial charge in [0, 0.05) is 25.9 Å². The monoisotopic (exact) mass is 259 g/mol. The van der Waals surface area contributed by atoms with Crippen LogP contribution in [0.1, 0.15) is 43.7 Å². The Kier molecular flexibility index (Phi) is 4.35. The summed E-state index contributed by atoms with van der Waals surface area (Å²) >= 11 is 0. The maximum atomic E-state index is 12.1. The van der Waals surface area contributed by atoms with Gasteiger partial charge < -0.3 is 4.90 Å². The molecule has 1 aliphatic rings. The predicted molar refractivity (Wildman–Crippen MR) is 75.1 cm³/mol. The molecule has 0 N–H and O–H groups in total. The van der Waals surface area contributed by atoms with Crippen LogP contribution in [0.4, 0.5) is 0 Å². The third-order valence-electron chi connectivity index (χ3n) is 3.68. The fourth-order valence-corrected chi connectivity index (χ4v) is 2.31. The topological polar surface area (TPSA) is 37.4 Å². The summed E-state index contributed by atoms with van der Waals surface area (Å²) < 4.78 is 0. The lowest BCUT2D eigenvalue weighted by atomic mass is 10.0. The first kappa shape index (κ1) is 13.8. The molecule has 0 saturated carbocycles. The molecule has 1 amide bonds. The highest BCUT2D eigenvalue weighted by Gasteiger charge is 2.20. The van der Waals surface area contributed by atoms with Crippen LogP contribution in [0.5, 0.6) is 0 Å². The van der Waals surface area contributed by atoms with Crippen molar-refractivity contribution in [3.63, 3.8) is 0 Å². The molecular weight excluding hydrogens is 238 g/mol. The second-order valence-electron chi connectivity index (χ2n) is 5.49. The summed E-state index contributed by atoms with van der Waals surface area (Å²) in [4.78, 5) is 25.1. The van der Waals surface area contributed by atoms with E-state index in [0.29, 0.717) is 38.3 Å². The van der Waals surface area contributed by atoms with Gasteiger partial charge in [0.2, 0.25) is 5.91 Å². The molecule has 0 atom stereocenters. The Morgan fingerprint density at radius 3 is 2.26 bits per heavy atom. The first-order valence-electron chi connectivity index (χ1n) is 6.94. The van der Waals surface area contributed by atoms with Crippen LogP contribution in [0, 0.1) is 0 Å². The largest absolute Gasteiger partial charge is 0.342 e. The van der Waals surface area contributed by atoms with Crippen molar-refractivity contribution in [3.05, 3.63) is 35.4 Å². The van der Waals surface area contributed by atoms with Crippen molar-refractivity contribution in [1.82, 2.24) is 4.90 Å². The van der Waals surface area contributed by atoms with Crippen molar-refractivity contribution in [1.29, 1.82) is 0 Å². The zero-order chi connectivity index (χ0) is 13.8. The molecule has 1 aliphatic heterocycles. The average molecular weight is 259 g/mol. The molecule has 1 aromatic carbocycles. The number of piperidine rings is 1. The number of nitrogens with zero attached hydrogens (tertiary/aromatic N) is 1. The number of carbonyl (C=O) groups excluding carboxylic acids is 2. The smallest absolute Gasteiger partial charge is 0.227 e. The van der Waals surface area contributed by atoms with Crippen LogP contribution < -0.4 is 0 Å². The molecule has 3 nitrogen and oxygen atoms in total. The van der Waals surface area contributed by atoms with Gasteiger partial charge in [-0.25, -0.2) is 0 Å². The molecule has 0 radical (unpaired) electrons. The van der Waals surface area contributed by atoms with E-state index in [-0.39, 0.29) is 11.7 Å². The van der Waals surface area contributed by atoms with Crippen molar-refractivity contribution < 1.29 is 9.59 Å². The third kappa shape index (κ3) is 3.66. The second-order valence-corrected chi connectivity index (χ2v) is 5.49. The highest BCUT2D eigenvalue weighted by atomic mass is 16.2. The molecule has 1 saturated heterocycles. The molecule has 0 aliphatic carbocycles. The SMILES string of the molecule is CC(C)c1ccc(CC(=O)N2CCC(=O)CC2)cc1. The zero-order valence-electron chi connectivity index (χ0n) is 11.7. The summed E-state index contributed by atoms with van der Waals surface area (Å²) in [5.41, 5.74) is 2.34. The van der Waals surface area contributed by atoms with E-state index >= 15 is 0 Å². The number of Topliss-reactive ketones (excluding diaryl/α,β-unsaturated/α-hetero) is 1. The van der Waals surface area contributed by atoms with Crippen molar-refractivity contribution in [2.75, 3.05) is 13.1 Å². The van der Waals surface area contributed by atoms with E-state index in [1.807, 2.05) is 12.1 Å². The minimum atomic E-state index is 0.129. The number of ketones is 1. The Morgan fingerprint density at radius 2 is 1.74 bits per heavy atom. The number of hydrogen-bond donors (Lipinski definition) is 0. The molecule has 3 heteroatoms. The van der Waals surface area contributed by atoms with E-state index in [1.54, 1.807) is 4.90 Å². The van der Waals surface area contributed by atoms with Crippen molar-refractivity contribution in [3.8, 4) is 0 Å². The molecule has 0 bridgehead atoms. The van der Waals surface area contributed by atoms with Crippen LogP contribution in [0.2, 0.25) is 0 Å². The van der Waals surface area contributed by atoms with Gasteiger partial charge in [-0.05, 0) is 17.0 Å². The average Bonchev–Trinajstić information content (AvgIpc) is 2.40. The number of benzene rings is 1. The van der Waals surface area contributed by atoms with Crippen LogP contribution in [-0.4, -0.2) is 29.7 Å². The first-order chi connectivity index (χ1) is 9.06. The van der Waals surface area contributed by atoms with Crippen LogP contribution >= 0.6 is 0 Å². The minimum absolute atomic E-state index is 0.129. The molecule has 1 fully saturated rings. The lowest BCUT2D eigenvalue weighted by Crippen LogP contribution is -2.39. The van der Waals surface area contributed by atoms with E-state index in [4.69, 9.17) is 0 Å². The number of carbonyl (C=O) groups is 2. The van der Waals surface area contributed by atoms with Gasteiger partial charge in [-0.3, -0.25) is 9.59 Å². The molecular formula is C16H21NO2. The van der Waals surface area contributed by atoms with E-state index in [2.05, 4.69) is 26.0 Å². The Bertz CT molecular complexity index is 452. The molecule has 102 valence electrons. The molecule has 2 rings (SSSR count). The Morgan fingerprint density at radius 1 is 1.16 bits per heavy atom. The standard InChI is InChI=1S/C16H21NO2/c1-12(2)14-5-3-13(4-6-14)11-16(19)17-9-7-15(18)8-10-17/h3-6,12H,7-11H2,1-2H3. The third-order valence-corrected chi connectivity index (χ3v) is 3.68. The van der Waals surface area contributed by atoms with Crippen LogP contribution in [0.15, 0.2) is 24.3 Å². The Hall–Kier alpha value is -1.64. The van der Waals surface area contributed by atoms with Gasteiger partial charge in [0.15, 0.2) is 0 Å². The fraction of sp³-hybridized carbons (Fsp3) is 0.500.